The summed E-state index contributed by atoms with van der Waals surface area (Å²) in [7, 11) is 0. The number of aliphatic carboxylic acids is 1. The molecule has 21 heavy (non-hydrogen) atoms. The zero-order chi connectivity index (χ0) is 16.0. The summed E-state index contributed by atoms with van der Waals surface area (Å²) >= 11 is 0. The summed E-state index contributed by atoms with van der Waals surface area (Å²) in [6.07, 6.45) is 4.12. The van der Waals surface area contributed by atoms with E-state index in [4.69, 9.17) is 0 Å². The number of carbonyl (C=O) groups is 2. The van der Waals surface area contributed by atoms with Gasteiger partial charge in [0, 0.05) is 13.1 Å². The SMILES string of the molecule is CC1CCC(CNC(=O)NCC(CC(C)(C)C)C(=O)O)C1. The van der Waals surface area contributed by atoms with Crippen LogP contribution in [0.5, 0.6) is 0 Å². The summed E-state index contributed by atoms with van der Waals surface area (Å²) < 4.78 is 0. The molecule has 0 aromatic carbocycles. The maximum atomic E-state index is 11.8. The standard InChI is InChI=1S/C16H30N2O3/c1-11-5-6-12(7-11)9-17-15(21)18-10-13(14(19)20)8-16(2,3)4/h11-13H,5-10H2,1-4H3,(H,19,20)(H2,17,18,21). The van der Waals surface area contributed by atoms with Gasteiger partial charge in [-0.05, 0) is 36.5 Å². The lowest BCUT2D eigenvalue weighted by atomic mass is 9.84. The van der Waals surface area contributed by atoms with Crippen LogP contribution in [0.15, 0.2) is 0 Å². The van der Waals surface area contributed by atoms with Crippen molar-refractivity contribution >= 4 is 12.0 Å². The molecular formula is C16H30N2O3. The average Bonchev–Trinajstić information content (AvgIpc) is 2.76. The molecular weight excluding hydrogens is 268 g/mol. The fourth-order valence-electron chi connectivity index (χ4n) is 3.01. The van der Waals surface area contributed by atoms with E-state index in [1.165, 1.54) is 19.3 Å². The topological polar surface area (TPSA) is 78.4 Å². The first-order chi connectivity index (χ1) is 9.67. The van der Waals surface area contributed by atoms with Crippen molar-refractivity contribution in [2.24, 2.45) is 23.2 Å². The van der Waals surface area contributed by atoms with E-state index in [1.807, 2.05) is 20.8 Å². The van der Waals surface area contributed by atoms with E-state index in [9.17, 15) is 14.7 Å². The Kier molecular flexibility index (Phi) is 6.49. The van der Waals surface area contributed by atoms with E-state index in [0.717, 1.165) is 5.92 Å². The lowest BCUT2D eigenvalue weighted by Gasteiger charge is -2.23. The minimum atomic E-state index is -0.852. The van der Waals surface area contributed by atoms with Crippen LogP contribution >= 0.6 is 0 Å². The summed E-state index contributed by atoms with van der Waals surface area (Å²) in [6, 6.07) is -0.255. The van der Waals surface area contributed by atoms with Crippen molar-refractivity contribution in [3.63, 3.8) is 0 Å². The van der Waals surface area contributed by atoms with Gasteiger partial charge in [-0.25, -0.2) is 4.79 Å². The molecule has 3 atom stereocenters. The molecule has 0 saturated heterocycles. The maximum Gasteiger partial charge on any atom is 0.314 e. The summed E-state index contributed by atoms with van der Waals surface area (Å²) in [5.74, 6) is -0.0734. The van der Waals surface area contributed by atoms with Gasteiger partial charge in [0.05, 0.1) is 5.92 Å². The minimum absolute atomic E-state index is 0.0683. The smallest absolute Gasteiger partial charge is 0.314 e. The molecule has 0 aromatic heterocycles. The van der Waals surface area contributed by atoms with E-state index >= 15 is 0 Å². The number of amides is 2. The molecule has 5 nitrogen and oxygen atoms in total. The third kappa shape index (κ3) is 7.34. The van der Waals surface area contributed by atoms with E-state index in [1.54, 1.807) is 0 Å². The van der Waals surface area contributed by atoms with Crippen LogP contribution in [0.2, 0.25) is 0 Å². The molecule has 0 heterocycles. The molecule has 122 valence electrons. The first-order valence-electron chi connectivity index (χ1n) is 7.92. The second-order valence-corrected chi connectivity index (χ2v) is 7.68. The van der Waals surface area contributed by atoms with Crippen molar-refractivity contribution < 1.29 is 14.7 Å². The Morgan fingerprint density at radius 2 is 1.90 bits per heavy atom. The predicted molar refractivity (Wildman–Crippen MR) is 83.1 cm³/mol. The number of hydrogen-bond donors (Lipinski definition) is 3. The number of urea groups is 1. The molecule has 1 rings (SSSR count). The third-order valence-electron chi connectivity index (χ3n) is 4.07. The molecule has 0 radical (unpaired) electrons. The number of carboxylic acid groups (broad SMARTS) is 1. The molecule has 0 spiro atoms. The number of carboxylic acids is 1. The average molecular weight is 298 g/mol. The normalized spacial score (nSPS) is 23.6. The van der Waals surface area contributed by atoms with Gasteiger partial charge in [0.2, 0.25) is 0 Å². The molecule has 0 bridgehead atoms. The predicted octanol–water partition coefficient (Wildman–Crippen LogP) is 2.86. The van der Waals surface area contributed by atoms with Crippen LogP contribution in [-0.2, 0) is 4.79 Å². The van der Waals surface area contributed by atoms with E-state index in [2.05, 4.69) is 17.6 Å². The third-order valence-corrected chi connectivity index (χ3v) is 4.07. The van der Waals surface area contributed by atoms with Gasteiger partial charge in [-0.15, -0.1) is 0 Å². The van der Waals surface area contributed by atoms with Gasteiger partial charge < -0.3 is 15.7 Å². The zero-order valence-electron chi connectivity index (χ0n) is 13.7. The highest BCUT2D eigenvalue weighted by atomic mass is 16.4. The zero-order valence-corrected chi connectivity index (χ0v) is 13.7. The molecule has 5 heteroatoms. The quantitative estimate of drug-likeness (QED) is 0.705. The van der Waals surface area contributed by atoms with Crippen molar-refractivity contribution in [2.45, 2.75) is 53.4 Å². The van der Waals surface area contributed by atoms with Crippen LogP contribution in [0.25, 0.3) is 0 Å². The highest BCUT2D eigenvalue weighted by molar-refractivity contribution is 5.75. The second kappa shape index (κ2) is 7.66. The van der Waals surface area contributed by atoms with E-state index < -0.39 is 11.9 Å². The number of nitrogens with one attached hydrogen (secondary N) is 2. The van der Waals surface area contributed by atoms with Gasteiger partial charge >= 0.3 is 12.0 Å². The summed E-state index contributed by atoms with van der Waals surface area (Å²) in [4.78, 5) is 23.0. The highest BCUT2D eigenvalue weighted by Crippen LogP contribution is 2.29. The molecule has 2 amide bonds. The van der Waals surface area contributed by atoms with Gasteiger partial charge in [-0.3, -0.25) is 4.79 Å². The first-order valence-corrected chi connectivity index (χ1v) is 7.92. The molecule has 0 aliphatic heterocycles. The van der Waals surface area contributed by atoms with Crippen LogP contribution in [0, 0.1) is 23.2 Å². The molecule has 3 unspecified atom stereocenters. The molecule has 1 aliphatic rings. The van der Waals surface area contributed by atoms with Crippen LogP contribution < -0.4 is 10.6 Å². The summed E-state index contributed by atoms with van der Waals surface area (Å²) in [6.45, 7) is 9.12. The Balaban J connectivity index is 2.28. The molecule has 3 N–H and O–H groups in total. The van der Waals surface area contributed by atoms with Crippen molar-refractivity contribution in [3.05, 3.63) is 0 Å². The molecule has 1 saturated carbocycles. The molecule has 0 aromatic rings. The lowest BCUT2D eigenvalue weighted by Crippen LogP contribution is -2.42. The van der Waals surface area contributed by atoms with Gasteiger partial charge in [0.25, 0.3) is 0 Å². The van der Waals surface area contributed by atoms with E-state index in [0.29, 0.717) is 18.9 Å². The van der Waals surface area contributed by atoms with Crippen LogP contribution in [0.4, 0.5) is 4.79 Å². The Labute approximate surface area is 127 Å². The van der Waals surface area contributed by atoms with Gasteiger partial charge in [0.15, 0.2) is 0 Å². The van der Waals surface area contributed by atoms with Crippen LogP contribution in [0.3, 0.4) is 0 Å². The van der Waals surface area contributed by atoms with Gasteiger partial charge in [0.1, 0.15) is 0 Å². The second-order valence-electron chi connectivity index (χ2n) is 7.68. The lowest BCUT2D eigenvalue weighted by molar-refractivity contribution is -0.142. The molecule has 1 aliphatic carbocycles. The number of carbonyl (C=O) groups excluding carboxylic acids is 1. The maximum absolute atomic E-state index is 11.8. The first kappa shape index (κ1) is 17.8. The monoisotopic (exact) mass is 298 g/mol. The fourth-order valence-corrected chi connectivity index (χ4v) is 3.01. The summed E-state index contributed by atoms with van der Waals surface area (Å²) in [5.41, 5.74) is -0.0683. The fraction of sp³-hybridized carbons (Fsp3) is 0.875. The number of rotatable bonds is 6. The summed E-state index contributed by atoms with van der Waals surface area (Å²) in [5, 5.41) is 14.8. The van der Waals surface area contributed by atoms with Crippen molar-refractivity contribution in [1.82, 2.24) is 10.6 Å². The van der Waals surface area contributed by atoms with Crippen molar-refractivity contribution in [3.8, 4) is 0 Å². The van der Waals surface area contributed by atoms with Crippen LogP contribution in [0.1, 0.15) is 53.4 Å². The Morgan fingerprint density at radius 3 is 2.38 bits per heavy atom. The van der Waals surface area contributed by atoms with E-state index in [-0.39, 0.29) is 18.0 Å². The van der Waals surface area contributed by atoms with Gasteiger partial charge in [-0.1, -0.05) is 34.1 Å². The largest absolute Gasteiger partial charge is 0.481 e. The minimum Gasteiger partial charge on any atom is -0.481 e. The molecule has 1 fully saturated rings. The Morgan fingerprint density at radius 1 is 1.24 bits per heavy atom. The highest BCUT2D eigenvalue weighted by Gasteiger charge is 2.25. The van der Waals surface area contributed by atoms with Crippen molar-refractivity contribution in [1.29, 1.82) is 0 Å². The number of hydrogen-bond acceptors (Lipinski definition) is 2. The Bertz CT molecular complexity index is 363. The van der Waals surface area contributed by atoms with Gasteiger partial charge in [-0.2, -0.15) is 0 Å². The Hall–Kier alpha value is -1.26. The van der Waals surface area contributed by atoms with Crippen LogP contribution in [-0.4, -0.2) is 30.2 Å². The van der Waals surface area contributed by atoms with Crippen molar-refractivity contribution in [2.75, 3.05) is 13.1 Å².